The van der Waals surface area contributed by atoms with Crippen molar-refractivity contribution >= 4 is 0 Å². The lowest BCUT2D eigenvalue weighted by Crippen LogP contribution is -2.35. The SMILES string of the molecule is C1CC1CN1CCC2OC2C1. The minimum Gasteiger partial charge on any atom is -0.368 e. The fourth-order valence-electron chi connectivity index (χ4n) is 2.08. The van der Waals surface area contributed by atoms with E-state index in [4.69, 9.17) is 4.74 Å². The zero-order valence-electron chi connectivity index (χ0n) is 6.83. The van der Waals surface area contributed by atoms with Crippen molar-refractivity contribution in [3.8, 4) is 0 Å². The Morgan fingerprint density at radius 3 is 2.82 bits per heavy atom. The molecule has 2 atom stereocenters. The molecule has 2 unspecified atom stereocenters. The number of ether oxygens (including phenoxy) is 1. The van der Waals surface area contributed by atoms with Crippen molar-refractivity contribution in [3.63, 3.8) is 0 Å². The van der Waals surface area contributed by atoms with Crippen LogP contribution in [-0.4, -0.2) is 36.7 Å². The Balaban J connectivity index is 1.52. The fourth-order valence-corrected chi connectivity index (χ4v) is 2.08. The molecule has 0 spiro atoms. The molecule has 1 saturated carbocycles. The highest BCUT2D eigenvalue weighted by atomic mass is 16.6. The molecule has 0 amide bonds. The Morgan fingerprint density at radius 1 is 1.18 bits per heavy atom. The molecule has 2 aliphatic heterocycles. The van der Waals surface area contributed by atoms with Crippen molar-refractivity contribution < 1.29 is 4.74 Å². The molecule has 0 bridgehead atoms. The molecule has 0 aromatic carbocycles. The first-order chi connectivity index (χ1) is 5.42. The molecule has 2 heterocycles. The lowest BCUT2D eigenvalue weighted by molar-refractivity contribution is 0.236. The molecule has 2 nitrogen and oxygen atoms in total. The van der Waals surface area contributed by atoms with Gasteiger partial charge in [0.05, 0.1) is 12.2 Å². The normalized spacial score (nSPS) is 43.6. The summed E-state index contributed by atoms with van der Waals surface area (Å²) in [6.07, 6.45) is 5.53. The Kier molecular flexibility index (Phi) is 1.29. The number of rotatable bonds is 2. The predicted octanol–water partition coefficient (Wildman–Crippen LogP) is 0.869. The minimum atomic E-state index is 0.627. The van der Waals surface area contributed by atoms with Gasteiger partial charge in [0.1, 0.15) is 0 Å². The van der Waals surface area contributed by atoms with E-state index in [-0.39, 0.29) is 0 Å². The maximum absolute atomic E-state index is 5.47. The van der Waals surface area contributed by atoms with Crippen LogP contribution in [0.15, 0.2) is 0 Å². The minimum absolute atomic E-state index is 0.627. The van der Waals surface area contributed by atoms with Gasteiger partial charge < -0.3 is 9.64 Å². The lowest BCUT2D eigenvalue weighted by Gasteiger charge is -2.23. The van der Waals surface area contributed by atoms with Gasteiger partial charge in [-0.25, -0.2) is 0 Å². The van der Waals surface area contributed by atoms with E-state index in [0.717, 1.165) is 5.92 Å². The molecular formula is C9H15NO. The Morgan fingerprint density at radius 2 is 2.09 bits per heavy atom. The second kappa shape index (κ2) is 2.20. The van der Waals surface area contributed by atoms with Crippen molar-refractivity contribution in [2.75, 3.05) is 19.6 Å². The molecule has 0 N–H and O–H groups in total. The number of hydrogen-bond acceptors (Lipinski definition) is 2. The zero-order chi connectivity index (χ0) is 7.26. The third-order valence-electron chi connectivity index (χ3n) is 3.07. The van der Waals surface area contributed by atoms with Gasteiger partial charge in [-0.2, -0.15) is 0 Å². The Labute approximate surface area is 67.5 Å². The van der Waals surface area contributed by atoms with E-state index in [1.807, 2.05) is 0 Å². The molecule has 1 aliphatic carbocycles. The van der Waals surface area contributed by atoms with E-state index < -0.39 is 0 Å². The van der Waals surface area contributed by atoms with Crippen LogP contribution >= 0.6 is 0 Å². The van der Waals surface area contributed by atoms with Gasteiger partial charge >= 0.3 is 0 Å². The van der Waals surface area contributed by atoms with Crippen LogP contribution in [0.2, 0.25) is 0 Å². The first-order valence-electron chi connectivity index (χ1n) is 4.79. The summed E-state index contributed by atoms with van der Waals surface area (Å²) in [4.78, 5) is 2.59. The van der Waals surface area contributed by atoms with E-state index in [0.29, 0.717) is 12.2 Å². The summed E-state index contributed by atoms with van der Waals surface area (Å²) in [5.74, 6) is 1.05. The average Bonchev–Trinajstić information content (AvgIpc) is 2.78. The molecular weight excluding hydrogens is 138 g/mol. The van der Waals surface area contributed by atoms with Crippen LogP contribution in [0.25, 0.3) is 0 Å². The van der Waals surface area contributed by atoms with E-state index in [1.165, 1.54) is 38.9 Å². The number of piperidine rings is 1. The summed E-state index contributed by atoms with van der Waals surface area (Å²) in [5, 5.41) is 0. The van der Waals surface area contributed by atoms with Crippen molar-refractivity contribution in [1.29, 1.82) is 0 Å². The maximum Gasteiger partial charge on any atom is 0.0968 e. The molecule has 0 radical (unpaired) electrons. The number of hydrogen-bond donors (Lipinski definition) is 0. The Hall–Kier alpha value is -0.0800. The standard InChI is InChI=1S/C9H15NO/c1-2-7(1)5-10-4-3-8-9(6-10)11-8/h7-9H,1-6H2. The topological polar surface area (TPSA) is 15.8 Å². The first kappa shape index (κ1) is 6.44. The van der Waals surface area contributed by atoms with Crippen molar-refractivity contribution in [3.05, 3.63) is 0 Å². The number of nitrogens with zero attached hydrogens (tertiary/aromatic N) is 1. The molecule has 3 aliphatic rings. The highest BCUT2D eigenvalue weighted by Gasteiger charge is 2.43. The first-order valence-corrected chi connectivity index (χ1v) is 4.79. The van der Waals surface area contributed by atoms with Gasteiger partial charge in [-0.15, -0.1) is 0 Å². The number of likely N-dealkylation sites (tertiary alicyclic amines) is 1. The molecule has 2 heteroatoms. The second-order valence-corrected chi connectivity index (χ2v) is 4.20. The second-order valence-electron chi connectivity index (χ2n) is 4.20. The van der Waals surface area contributed by atoms with Crippen LogP contribution in [-0.2, 0) is 4.74 Å². The van der Waals surface area contributed by atoms with Crippen LogP contribution in [0, 0.1) is 5.92 Å². The molecule has 3 fully saturated rings. The summed E-state index contributed by atoms with van der Waals surface area (Å²) < 4.78 is 5.47. The zero-order valence-corrected chi connectivity index (χ0v) is 6.83. The van der Waals surface area contributed by atoms with Crippen molar-refractivity contribution in [1.82, 2.24) is 4.90 Å². The average molecular weight is 153 g/mol. The highest BCUT2D eigenvalue weighted by Crippen LogP contribution is 2.34. The number of epoxide rings is 1. The van der Waals surface area contributed by atoms with E-state index in [2.05, 4.69) is 4.90 Å². The largest absolute Gasteiger partial charge is 0.368 e. The van der Waals surface area contributed by atoms with Gasteiger partial charge in [-0.05, 0) is 25.2 Å². The van der Waals surface area contributed by atoms with Gasteiger partial charge in [0.15, 0.2) is 0 Å². The van der Waals surface area contributed by atoms with Gasteiger partial charge in [0, 0.05) is 19.6 Å². The van der Waals surface area contributed by atoms with E-state index in [9.17, 15) is 0 Å². The molecule has 2 saturated heterocycles. The van der Waals surface area contributed by atoms with Gasteiger partial charge in [0.2, 0.25) is 0 Å². The fraction of sp³-hybridized carbons (Fsp3) is 1.00. The quantitative estimate of drug-likeness (QED) is 0.547. The summed E-state index contributed by atoms with van der Waals surface area (Å²) >= 11 is 0. The van der Waals surface area contributed by atoms with Crippen molar-refractivity contribution in [2.45, 2.75) is 31.5 Å². The summed E-state index contributed by atoms with van der Waals surface area (Å²) in [5.41, 5.74) is 0. The summed E-state index contributed by atoms with van der Waals surface area (Å²) in [6, 6.07) is 0. The predicted molar refractivity (Wildman–Crippen MR) is 42.4 cm³/mol. The molecule has 11 heavy (non-hydrogen) atoms. The monoisotopic (exact) mass is 153 g/mol. The smallest absolute Gasteiger partial charge is 0.0968 e. The molecule has 3 rings (SSSR count). The van der Waals surface area contributed by atoms with Crippen LogP contribution in [0.1, 0.15) is 19.3 Å². The van der Waals surface area contributed by atoms with Crippen LogP contribution in [0.5, 0.6) is 0 Å². The Bertz CT molecular complexity index is 165. The van der Waals surface area contributed by atoms with Crippen LogP contribution in [0.4, 0.5) is 0 Å². The van der Waals surface area contributed by atoms with Gasteiger partial charge in [-0.3, -0.25) is 0 Å². The number of fused-ring (bicyclic) bond motifs is 1. The summed E-state index contributed by atoms with van der Waals surface area (Å²) in [7, 11) is 0. The molecule has 0 aromatic heterocycles. The lowest BCUT2D eigenvalue weighted by atomic mass is 10.1. The third-order valence-corrected chi connectivity index (χ3v) is 3.07. The third kappa shape index (κ3) is 1.30. The summed E-state index contributed by atoms with van der Waals surface area (Å²) in [6.45, 7) is 3.87. The van der Waals surface area contributed by atoms with Crippen LogP contribution in [0.3, 0.4) is 0 Å². The highest BCUT2D eigenvalue weighted by molar-refractivity contribution is 4.93. The van der Waals surface area contributed by atoms with E-state index in [1.54, 1.807) is 0 Å². The molecule has 62 valence electrons. The maximum atomic E-state index is 5.47. The van der Waals surface area contributed by atoms with E-state index >= 15 is 0 Å². The van der Waals surface area contributed by atoms with Gasteiger partial charge in [0.25, 0.3) is 0 Å². The van der Waals surface area contributed by atoms with Crippen LogP contribution < -0.4 is 0 Å². The molecule has 0 aromatic rings. The van der Waals surface area contributed by atoms with Crippen molar-refractivity contribution in [2.24, 2.45) is 5.92 Å². The van der Waals surface area contributed by atoms with Gasteiger partial charge in [-0.1, -0.05) is 0 Å².